The van der Waals surface area contributed by atoms with Crippen LogP contribution in [0.4, 0.5) is 37.5 Å². The molecule has 1 amide bonds. The lowest BCUT2D eigenvalue weighted by atomic mass is 10.0. The van der Waals surface area contributed by atoms with Crippen LogP contribution in [-0.2, 0) is 14.4 Å². The monoisotopic (exact) mass is 600 g/mol. The number of anilines is 5. The van der Waals surface area contributed by atoms with E-state index in [0.29, 0.717) is 54.9 Å². The van der Waals surface area contributed by atoms with Crippen molar-refractivity contribution in [3.63, 3.8) is 0 Å². The normalized spacial score (nSPS) is 20.4. The van der Waals surface area contributed by atoms with Crippen LogP contribution in [0.5, 0.6) is 5.75 Å². The molecule has 0 spiro atoms. The Kier molecular flexibility index (Phi) is 8.76. The largest absolute Gasteiger partial charge is 0.494 e. The summed E-state index contributed by atoms with van der Waals surface area (Å²) >= 11 is 5.83. The molecule has 1 aromatic heterocycles. The molecule has 5 rings (SSSR count). The molecule has 2 fully saturated rings. The van der Waals surface area contributed by atoms with E-state index in [4.69, 9.17) is 25.9 Å². The number of hydroxylamine groups is 1. The van der Waals surface area contributed by atoms with Crippen LogP contribution in [0.2, 0.25) is 5.02 Å². The van der Waals surface area contributed by atoms with Gasteiger partial charge in [0.15, 0.2) is 5.82 Å². The van der Waals surface area contributed by atoms with Gasteiger partial charge in [0.25, 0.3) is 0 Å². The Labute approximate surface area is 247 Å². The number of nitrogens with one attached hydrogen (secondary N) is 2. The molecule has 3 heterocycles. The predicted molar refractivity (Wildman–Crippen MR) is 157 cm³/mol. The van der Waals surface area contributed by atoms with Crippen LogP contribution in [0.3, 0.4) is 0 Å². The number of hydrogen-bond donors (Lipinski definition) is 2. The van der Waals surface area contributed by atoms with E-state index in [2.05, 4.69) is 32.1 Å². The average molecular weight is 601 g/mol. The highest BCUT2D eigenvalue weighted by molar-refractivity contribution is 6.31. The van der Waals surface area contributed by atoms with Crippen molar-refractivity contribution < 1.29 is 27.9 Å². The van der Waals surface area contributed by atoms with Crippen molar-refractivity contribution in [2.45, 2.75) is 38.5 Å². The standard InChI is InChI=1S/C29H31ClF2N6O4/c1-5-27(39)36-20-10-21(24(40-4)11-23(20)37-13-16(2)42-17(3)14-37)35-25-12-26(34-15-33-25)38-22(8-9-41-38)18-6-7-19(31)28(30)29(18)32/h5-7,10-12,15-17,22H,1,8-9,13-14H2,2-4H3,(H,36,39)(H,33,34,35)/t16-,17-,22?/m0/s1. The first-order valence-corrected chi connectivity index (χ1v) is 13.8. The number of aromatic nitrogens is 2. The van der Waals surface area contributed by atoms with Crippen molar-refractivity contribution in [1.82, 2.24) is 9.97 Å². The summed E-state index contributed by atoms with van der Waals surface area (Å²) in [7, 11) is 1.55. The Morgan fingerprint density at radius 3 is 2.64 bits per heavy atom. The van der Waals surface area contributed by atoms with E-state index in [1.807, 2.05) is 19.9 Å². The molecule has 0 aliphatic carbocycles. The number of ether oxygens (including phenoxy) is 2. The second kappa shape index (κ2) is 12.5. The second-order valence-electron chi connectivity index (χ2n) is 10.0. The van der Waals surface area contributed by atoms with Gasteiger partial charge in [-0.1, -0.05) is 24.2 Å². The summed E-state index contributed by atoms with van der Waals surface area (Å²) in [5, 5.41) is 7.00. The maximum Gasteiger partial charge on any atom is 0.247 e. The van der Waals surface area contributed by atoms with Crippen LogP contribution in [0.1, 0.15) is 31.9 Å². The molecule has 222 valence electrons. The first-order chi connectivity index (χ1) is 20.2. The zero-order chi connectivity index (χ0) is 30.0. The molecular weight excluding hydrogens is 570 g/mol. The molecule has 1 unspecified atom stereocenters. The third kappa shape index (κ3) is 6.10. The summed E-state index contributed by atoms with van der Waals surface area (Å²) in [6, 6.07) is 7.12. The quantitative estimate of drug-likeness (QED) is 0.246. The lowest BCUT2D eigenvalue weighted by molar-refractivity contribution is -0.111. The van der Waals surface area contributed by atoms with Gasteiger partial charge in [0.05, 0.1) is 49.0 Å². The van der Waals surface area contributed by atoms with E-state index in [0.717, 1.165) is 11.8 Å². The Morgan fingerprint density at radius 1 is 1.17 bits per heavy atom. The van der Waals surface area contributed by atoms with Gasteiger partial charge >= 0.3 is 0 Å². The van der Waals surface area contributed by atoms with E-state index in [1.165, 1.54) is 23.5 Å². The number of methoxy groups -OCH3 is 1. The number of halogens is 3. The summed E-state index contributed by atoms with van der Waals surface area (Å²) in [4.78, 5) is 28.9. The van der Waals surface area contributed by atoms with Gasteiger partial charge < -0.3 is 25.0 Å². The highest BCUT2D eigenvalue weighted by Crippen LogP contribution is 2.41. The van der Waals surface area contributed by atoms with E-state index < -0.39 is 22.7 Å². The predicted octanol–water partition coefficient (Wildman–Crippen LogP) is 5.78. The fourth-order valence-corrected chi connectivity index (χ4v) is 5.38. The number of hydrogen-bond acceptors (Lipinski definition) is 9. The minimum atomic E-state index is -0.840. The summed E-state index contributed by atoms with van der Waals surface area (Å²) in [6.45, 7) is 9.12. The number of carbonyl (C=O) groups excluding carboxylic acids is 1. The van der Waals surface area contributed by atoms with Crippen molar-refractivity contribution >= 4 is 46.2 Å². The van der Waals surface area contributed by atoms with Crippen LogP contribution in [-0.4, -0.2) is 54.9 Å². The molecule has 13 heteroatoms. The Bertz CT molecular complexity index is 1480. The number of rotatable bonds is 8. The molecule has 10 nitrogen and oxygen atoms in total. The van der Waals surface area contributed by atoms with Gasteiger partial charge in [-0.25, -0.2) is 23.8 Å². The molecule has 42 heavy (non-hydrogen) atoms. The fourth-order valence-electron chi connectivity index (χ4n) is 5.21. The molecule has 2 aliphatic heterocycles. The van der Waals surface area contributed by atoms with E-state index in [-0.39, 0.29) is 23.7 Å². The van der Waals surface area contributed by atoms with E-state index in [1.54, 1.807) is 19.2 Å². The first-order valence-electron chi connectivity index (χ1n) is 13.4. The molecule has 2 N–H and O–H groups in total. The van der Waals surface area contributed by atoms with Crippen LogP contribution in [0.25, 0.3) is 0 Å². The van der Waals surface area contributed by atoms with E-state index >= 15 is 0 Å². The molecule has 0 saturated carbocycles. The summed E-state index contributed by atoms with van der Waals surface area (Å²) in [6.07, 6.45) is 2.96. The number of nitrogens with zero attached hydrogens (tertiary/aromatic N) is 4. The maximum absolute atomic E-state index is 14.9. The van der Waals surface area contributed by atoms with Gasteiger partial charge in [-0.2, -0.15) is 0 Å². The van der Waals surface area contributed by atoms with Gasteiger partial charge in [-0.15, -0.1) is 0 Å². The molecule has 0 radical (unpaired) electrons. The van der Waals surface area contributed by atoms with Crippen LogP contribution in [0, 0.1) is 11.6 Å². The Balaban J connectivity index is 1.46. The summed E-state index contributed by atoms with van der Waals surface area (Å²) < 4.78 is 40.2. The molecule has 2 saturated heterocycles. The maximum atomic E-state index is 14.9. The number of morpholine rings is 1. The van der Waals surface area contributed by atoms with Gasteiger partial charge in [-0.3, -0.25) is 9.63 Å². The molecule has 2 aliphatic rings. The van der Waals surface area contributed by atoms with Crippen molar-refractivity contribution in [2.24, 2.45) is 0 Å². The van der Waals surface area contributed by atoms with Crippen molar-refractivity contribution in [2.75, 3.05) is 47.4 Å². The number of amides is 1. The molecule has 3 atom stereocenters. The molecule has 0 bridgehead atoms. The van der Waals surface area contributed by atoms with Crippen LogP contribution < -0.4 is 25.3 Å². The van der Waals surface area contributed by atoms with Gasteiger partial charge in [0, 0.05) is 37.2 Å². The smallest absolute Gasteiger partial charge is 0.247 e. The fraction of sp³-hybridized carbons (Fsp3) is 0.345. The second-order valence-corrected chi connectivity index (χ2v) is 10.4. The van der Waals surface area contributed by atoms with Gasteiger partial charge in [-0.05, 0) is 32.1 Å². The average Bonchev–Trinajstić information content (AvgIpc) is 3.45. The first kappa shape index (κ1) is 29.5. The van der Waals surface area contributed by atoms with Gasteiger partial charge in [0.1, 0.15) is 34.6 Å². The lowest BCUT2D eigenvalue weighted by Crippen LogP contribution is -2.45. The zero-order valence-corrected chi connectivity index (χ0v) is 24.1. The molecular formula is C29H31ClF2N6O4. The van der Waals surface area contributed by atoms with Crippen LogP contribution >= 0.6 is 11.6 Å². The van der Waals surface area contributed by atoms with Crippen LogP contribution in [0.15, 0.2) is 49.3 Å². The van der Waals surface area contributed by atoms with Crippen molar-refractivity contribution in [1.29, 1.82) is 0 Å². The minimum Gasteiger partial charge on any atom is -0.494 e. The topological polar surface area (TPSA) is 101 Å². The number of carbonyl (C=O) groups is 1. The minimum absolute atomic E-state index is 0.00372. The lowest BCUT2D eigenvalue weighted by Gasteiger charge is -2.38. The summed E-state index contributed by atoms with van der Waals surface area (Å²) in [5.41, 5.74) is 2.03. The van der Waals surface area contributed by atoms with E-state index in [9.17, 15) is 13.6 Å². The molecule has 2 aromatic carbocycles. The highest BCUT2D eigenvalue weighted by Gasteiger charge is 2.33. The van der Waals surface area contributed by atoms with Gasteiger partial charge in [0.2, 0.25) is 5.91 Å². The zero-order valence-electron chi connectivity index (χ0n) is 23.4. The highest BCUT2D eigenvalue weighted by atomic mass is 35.5. The Morgan fingerprint density at radius 2 is 1.93 bits per heavy atom. The third-order valence-corrected chi connectivity index (χ3v) is 7.34. The number of benzene rings is 2. The Hall–Kier alpha value is -4.00. The SMILES string of the molecule is C=CC(=O)Nc1cc(Nc2cc(N3OCCC3c3ccc(F)c(Cl)c3F)ncn2)c(OC)cc1N1C[C@H](C)O[C@@H](C)C1. The summed E-state index contributed by atoms with van der Waals surface area (Å²) in [5.74, 6) is -0.802. The molecule has 3 aromatic rings. The van der Waals surface area contributed by atoms with Crippen molar-refractivity contribution in [3.05, 3.63) is 71.5 Å². The van der Waals surface area contributed by atoms with Crippen molar-refractivity contribution in [3.8, 4) is 5.75 Å². The third-order valence-electron chi connectivity index (χ3n) is 6.99.